The Morgan fingerprint density at radius 3 is 2.72 bits per heavy atom. The van der Waals surface area contributed by atoms with Gasteiger partial charge in [0, 0.05) is 44.6 Å². The Balaban J connectivity index is 1.64. The lowest BCUT2D eigenvalue weighted by molar-refractivity contribution is 0.0949. The van der Waals surface area contributed by atoms with Gasteiger partial charge in [0.25, 0.3) is 11.5 Å². The van der Waals surface area contributed by atoms with Crippen LogP contribution in [-0.4, -0.2) is 54.0 Å². The van der Waals surface area contributed by atoms with Crippen LogP contribution in [0.1, 0.15) is 21.6 Å². The zero-order valence-corrected chi connectivity index (χ0v) is 14.6. The van der Waals surface area contributed by atoms with Gasteiger partial charge in [-0.15, -0.1) is 0 Å². The standard InChI is InChI=1S/C18H23N5O2/c1-13-3-4-15(18(25)21-13)17(24)20-12-14-5-6-19-16(11-14)23-9-7-22(2)8-10-23/h3-6,11H,7-10,12H2,1-2H3,(H,20,24)(H,21,25). The summed E-state index contributed by atoms with van der Waals surface area (Å²) in [6.07, 6.45) is 1.76. The number of rotatable bonds is 4. The molecule has 7 heteroatoms. The second kappa shape index (κ2) is 7.48. The number of hydrogen-bond donors (Lipinski definition) is 2. The average Bonchev–Trinajstić information content (AvgIpc) is 2.60. The van der Waals surface area contributed by atoms with Crippen LogP contribution in [0.25, 0.3) is 0 Å². The number of carbonyl (C=O) groups excluding carboxylic acids is 1. The predicted molar refractivity (Wildman–Crippen MR) is 96.9 cm³/mol. The Kier molecular flexibility index (Phi) is 5.14. The van der Waals surface area contributed by atoms with Crippen LogP contribution in [0.5, 0.6) is 0 Å². The van der Waals surface area contributed by atoms with E-state index in [0.29, 0.717) is 6.54 Å². The minimum Gasteiger partial charge on any atom is -0.354 e. The van der Waals surface area contributed by atoms with E-state index in [1.165, 1.54) is 0 Å². The molecule has 0 radical (unpaired) electrons. The number of aromatic nitrogens is 2. The molecule has 0 aliphatic carbocycles. The molecule has 0 saturated carbocycles. The zero-order valence-electron chi connectivity index (χ0n) is 14.6. The van der Waals surface area contributed by atoms with Gasteiger partial charge >= 0.3 is 0 Å². The molecule has 2 aromatic heterocycles. The number of aromatic amines is 1. The maximum Gasteiger partial charge on any atom is 0.260 e. The smallest absolute Gasteiger partial charge is 0.260 e. The number of hydrogen-bond acceptors (Lipinski definition) is 5. The Hall–Kier alpha value is -2.67. The van der Waals surface area contributed by atoms with Crippen LogP contribution >= 0.6 is 0 Å². The van der Waals surface area contributed by atoms with Gasteiger partial charge < -0.3 is 20.1 Å². The predicted octanol–water partition coefficient (Wildman–Crippen LogP) is 0.760. The molecule has 7 nitrogen and oxygen atoms in total. The Bertz CT molecular complexity index is 809. The van der Waals surface area contributed by atoms with Crippen molar-refractivity contribution in [1.82, 2.24) is 20.2 Å². The van der Waals surface area contributed by atoms with Crippen molar-refractivity contribution in [3.8, 4) is 0 Å². The summed E-state index contributed by atoms with van der Waals surface area (Å²) in [6.45, 7) is 6.04. The first kappa shape index (κ1) is 17.2. The fourth-order valence-corrected chi connectivity index (χ4v) is 2.81. The van der Waals surface area contributed by atoms with Crippen molar-refractivity contribution in [3.63, 3.8) is 0 Å². The number of carbonyl (C=O) groups is 1. The van der Waals surface area contributed by atoms with E-state index in [4.69, 9.17) is 0 Å². The van der Waals surface area contributed by atoms with Gasteiger partial charge in [0.15, 0.2) is 0 Å². The van der Waals surface area contributed by atoms with Gasteiger partial charge in [-0.25, -0.2) is 4.98 Å². The normalized spacial score (nSPS) is 15.2. The largest absolute Gasteiger partial charge is 0.354 e. The molecule has 1 aliphatic rings. The second-order valence-corrected chi connectivity index (χ2v) is 6.38. The van der Waals surface area contributed by atoms with E-state index in [0.717, 1.165) is 43.3 Å². The molecule has 0 bridgehead atoms. The maximum atomic E-state index is 12.2. The lowest BCUT2D eigenvalue weighted by Gasteiger charge is -2.33. The van der Waals surface area contributed by atoms with Crippen LogP contribution < -0.4 is 15.8 Å². The number of nitrogens with zero attached hydrogens (tertiary/aromatic N) is 3. The highest BCUT2D eigenvalue weighted by Gasteiger charge is 2.16. The van der Waals surface area contributed by atoms with Crippen molar-refractivity contribution in [3.05, 3.63) is 57.6 Å². The summed E-state index contributed by atoms with van der Waals surface area (Å²) in [5.74, 6) is 0.548. The fourth-order valence-electron chi connectivity index (χ4n) is 2.81. The number of anilines is 1. The minimum atomic E-state index is -0.376. The average molecular weight is 341 g/mol. The van der Waals surface area contributed by atoms with E-state index in [1.54, 1.807) is 25.3 Å². The van der Waals surface area contributed by atoms with Crippen LogP contribution in [0.2, 0.25) is 0 Å². The molecule has 0 aromatic carbocycles. The molecule has 1 fully saturated rings. The van der Waals surface area contributed by atoms with Crippen molar-refractivity contribution in [2.24, 2.45) is 0 Å². The van der Waals surface area contributed by atoms with Crippen molar-refractivity contribution in [1.29, 1.82) is 0 Å². The molecule has 2 N–H and O–H groups in total. The van der Waals surface area contributed by atoms with Gasteiger partial charge in [-0.2, -0.15) is 0 Å². The molecule has 132 valence electrons. The van der Waals surface area contributed by atoms with E-state index < -0.39 is 0 Å². The number of piperazine rings is 1. The molecule has 0 spiro atoms. The van der Waals surface area contributed by atoms with Gasteiger partial charge in [0.2, 0.25) is 0 Å². The topological polar surface area (TPSA) is 81.3 Å². The van der Waals surface area contributed by atoms with Gasteiger partial charge in [0.05, 0.1) is 0 Å². The van der Waals surface area contributed by atoms with Crippen molar-refractivity contribution < 1.29 is 4.79 Å². The summed E-state index contributed by atoms with van der Waals surface area (Å²) in [5.41, 5.74) is 1.44. The molecule has 25 heavy (non-hydrogen) atoms. The Morgan fingerprint density at radius 2 is 2.00 bits per heavy atom. The monoisotopic (exact) mass is 341 g/mol. The van der Waals surface area contributed by atoms with Crippen LogP contribution in [0, 0.1) is 6.92 Å². The Morgan fingerprint density at radius 1 is 1.24 bits per heavy atom. The molecular formula is C18H23N5O2. The molecule has 1 saturated heterocycles. The van der Waals surface area contributed by atoms with Crippen molar-refractivity contribution in [2.45, 2.75) is 13.5 Å². The summed E-state index contributed by atoms with van der Waals surface area (Å²) >= 11 is 0. The van der Waals surface area contributed by atoms with E-state index in [1.807, 2.05) is 12.1 Å². The first-order valence-corrected chi connectivity index (χ1v) is 8.39. The molecule has 2 aromatic rings. The SMILES string of the molecule is Cc1ccc(C(=O)NCc2ccnc(N3CCN(C)CC3)c2)c(=O)[nH]1. The summed E-state index contributed by atoms with van der Waals surface area (Å²) in [6, 6.07) is 7.13. The molecule has 1 amide bonds. The first-order chi connectivity index (χ1) is 12.0. The van der Waals surface area contributed by atoms with E-state index >= 15 is 0 Å². The molecule has 3 heterocycles. The number of pyridine rings is 2. The van der Waals surface area contributed by atoms with E-state index in [9.17, 15) is 9.59 Å². The van der Waals surface area contributed by atoms with Crippen molar-refractivity contribution >= 4 is 11.7 Å². The van der Waals surface area contributed by atoms with Crippen LogP contribution in [0.3, 0.4) is 0 Å². The molecule has 3 rings (SSSR count). The third-order valence-electron chi connectivity index (χ3n) is 4.39. The van der Waals surface area contributed by atoms with Gasteiger partial charge in [-0.3, -0.25) is 9.59 Å². The second-order valence-electron chi connectivity index (χ2n) is 6.38. The highest BCUT2D eigenvalue weighted by molar-refractivity contribution is 5.93. The molecule has 0 atom stereocenters. The number of nitrogens with one attached hydrogen (secondary N) is 2. The van der Waals surface area contributed by atoms with E-state index in [-0.39, 0.29) is 17.0 Å². The third kappa shape index (κ3) is 4.24. The maximum absolute atomic E-state index is 12.2. The summed E-state index contributed by atoms with van der Waals surface area (Å²) < 4.78 is 0. The molecule has 0 unspecified atom stereocenters. The van der Waals surface area contributed by atoms with Gasteiger partial charge in [-0.1, -0.05) is 0 Å². The van der Waals surface area contributed by atoms with Gasteiger partial charge in [-0.05, 0) is 43.8 Å². The highest BCUT2D eigenvalue weighted by atomic mass is 16.2. The van der Waals surface area contributed by atoms with Gasteiger partial charge in [0.1, 0.15) is 11.4 Å². The first-order valence-electron chi connectivity index (χ1n) is 8.39. The van der Waals surface area contributed by atoms with Crippen LogP contribution in [-0.2, 0) is 6.54 Å². The number of H-pyrrole nitrogens is 1. The van der Waals surface area contributed by atoms with Crippen molar-refractivity contribution in [2.75, 3.05) is 38.1 Å². The summed E-state index contributed by atoms with van der Waals surface area (Å²) in [7, 11) is 2.11. The highest BCUT2D eigenvalue weighted by Crippen LogP contribution is 2.14. The molecular weight excluding hydrogens is 318 g/mol. The Labute approximate surface area is 146 Å². The quantitative estimate of drug-likeness (QED) is 0.858. The number of amides is 1. The summed E-state index contributed by atoms with van der Waals surface area (Å²) in [5, 5.41) is 2.80. The fraction of sp³-hybridized carbons (Fsp3) is 0.389. The third-order valence-corrected chi connectivity index (χ3v) is 4.39. The lowest BCUT2D eigenvalue weighted by atomic mass is 10.2. The zero-order chi connectivity index (χ0) is 17.8. The number of aryl methyl sites for hydroxylation is 1. The van der Waals surface area contributed by atoms with Crippen LogP contribution in [0.4, 0.5) is 5.82 Å². The van der Waals surface area contributed by atoms with Crippen LogP contribution in [0.15, 0.2) is 35.3 Å². The van der Waals surface area contributed by atoms with E-state index in [2.05, 4.69) is 32.1 Å². The number of likely N-dealkylation sites (N-methyl/N-ethyl adjacent to an activating group) is 1. The lowest BCUT2D eigenvalue weighted by Crippen LogP contribution is -2.44. The minimum absolute atomic E-state index is 0.124. The molecule has 1 aliphatic heterocycles. The summed E-state index contributed by atoms with van der Waals surface area (Å²) in [4.78, 5) is 35.7.